The highest BCUT2D eigenvalue weighted by Gasteiger charge is 2.06. The van der Waals surface area contributed by atoms with E-state index in [0.29, 0.717) is 5.75 Å². The summed E-state index contributed by atoms with van der Waals surface area (Å²) in [6, 6.07) is 15.8. The van der Waals surface area contributed by atoms with Crippen molar-refractivity contribution < 1.29 is 5.11 Å². The van der Waals surface area contributed by atoms with E-state index in [0.717, 1.165) is 26.0 Å². The van der Waals surface area contributed by atoms with Gasteiger partial charge in [-0.15, -0.1) is 0 Å². The summed E-state index contributed by atoms with van der Waals surface area (Å²) in [4.78, 5) is 0. The van der Waals surface area contributed by atoms with Crippen molar-refractivity contribution in [1.82, 2.24) is 0 Å². The van der Waals surface area contributed by atoms with E-state index in [2.05, 4.69) is 28.1 Å². The minimum absolute atomic E-state index is 0.329. The van der Waals surface area contributed by atoms with Gasteiger partial charge in [-0.2, -0.15) is 0 Å². The van der Waals surface area contributed by atoms with Gasteiger partial charge in [0, 0.05) is 15.2 Å². The standard InChI is InChI=1S/C14H9BrO/c15-12-7-8-13(16)14-10-4-2-1-3-9(10)5-6-11(12)14/h1-8,16H. The second-order valence-electron chi connectivity index (χ2n) is 3.78. The summed E-state index contributed by atoms with van der Waals surface area (Å²) in [6.45, 7) is 0. The molecule has 0 aliphatic heterocycles. The maximum Gasteiger partial charge on any atom is 0.124 e. The molecule has 0 amide bonds. The molecule has 0 bridgehead atoms. The van der Waals surface area contributed by atoms with Gasteiger partial charge in [0.05, 0.1) is 0 Å². The van der Waals surface area contributed by atoms with E-state index in [4.69, 9.17) is 0 Å². The number of aromatic hydroxyl groups is 1. The molecule has 0 heterocycles. The first-order valence-corrected chi connectivity index (χ1v) is 5.85. The molecule has 16 heavy (non-hydrogen) atoms. The highest BCUT2D eigenvalue weighted by atomic mass is 79.9. The predicted molar refractivity (Wildman–Crippen MR) is 70.8 cm³/mol. The first-order valence-electron chi connectivity index (χ1n) is 5.06. The molecular formula is C14H9BrO. The summed E-state index contributed by atoms with van der Waals surface area (Å²) in [7, 11) is 0. The van der Waals surface area contributed by atoms with Gasteiger partial charge in [-0.1, -0.05) is 52.3 Å². The van der Waals surface area contributed by atoms with E-state index in [-0.39, 0.29) is 0 Å². The van der Waals surface area contributed by atoms with Crippen molar-refractivity contribution in [2.45, 2.75) is 0 Å². The molecule has 2 heteroatoms. The second kappa shape index (κ2) is 3.49. The van der Waals surface area contributed by atoms with E-state index >= 15 is 0 Å². The zero-order valence-corrected chi connectivity index (χ0v) is 10.0. The van der Waals surface area contributed by atoms with Crippen LogP contribution in [0.3, 0.4) is 0 Å². The van der Waals surface area contributed by atoms with Gasteiger partial charge in [0.1, 0.15) is 5.75 Å². The van der Waals surface area contributed by atoms with Crippen molar-refractivity contribution >= 4 is 37.5 Å². The van der Waals surface area contributed by atoms with E-state index in [1.165, 1.54) is 0 Å². The van der Waals surface area contributed by atoms with E-state index in [1.54, 1.807) is 6.07 Å². The van der Waals surface area contributed by atoms with E-state index in [9.17, 15) is 5.11 Å². The smallest absolute Gasteiger partial charge is 0.124 e. The van der Waals surface area contributed by atoms with Crippen LogP contribution in [0.4, 0.5) is 0 Å². The Bertz CT molecular complexity index is 689. The fraction of sp³-hybridized carbons (Fsp3) is 0. The van der Waals surface area contributed by atoms with Gasteiger partial charge >= 0.3 is 0 Å². The Morgan fingerprint density at radius 1 is 0.812 bits per heavy atom. The van der Waals surface area contributed by atoms with Crippen molar-refractivity contribution in [2.75, 3.05) is 0 Å². The van der Waals surface area contributed by atoms with Crippen LogP contribution < -0.4 is 0 Å². The number of benzene rings is 3. The number of hydrogen-bond donors (Lipinski definition) is 1. The van der Waals surface area contributed by atoms with Crippen molar-refractivity contribution in [2.24, 2.45) is 0 Å². The van der Waals surface area contributed by atoms with Gasteiger partial charge in [-0.25, -0.2) is 0 Å². The lowest BCUT2D eigenvalue weighted by Gasteiger charge is -2.07. The van der Waals surface area contributed by atoms with Crippen molar-refractivity contribution in [3.8, 4) is 5.75 Å². The lowest BCUT2D eigenvalue weighted by Crippen LogP contribution is -1.79. The first kappa shape index (κ1) is 9.67. The molecule has 0 radical (unpaired) electrons. The quantitative estimate of drug-likeness (QED) is 0.599. The topological polar surface area (TPSA) is 20.2 Å². The summed E-state index contributed by atoms with van der Waals surface area (Å²) in [5.74, 6) is 0.329. The normalized spacial score (nSPS) is 11.1. The van der Waals surface area contributed by atoms with Gasteiger partial charge in [0.15, 0.2) is 0 Å². The molecule has 0 saturated carbocycles. The summed E-state index contributed by atoms with van der Waals surface area (Å²) in [6.07, 6.45) is 0. The van der Waals surface area contributed by atoms with Crippen LogP contribution in [0.5, 0.6) is 5.75 Å². The summed E-state index contributed by atoms with van der Waals surface area (Å²) < 4.78 is 1.01. The van der Waals surface area contributed by atoms with Gasteiger partial charge < -0.3 is 5.11 Å². The third-order valence-electron chi connectivity index (χ3n) is 2.83. The van der Waals surface area contributed by atoms with Crippen molar-refractivity contribution in [3.05, 3.63) is 53.0 Å². The van der Waals surface area contributed by atoms with Gasteiger partial charge in [-0.3, -0.25) is 0 Å². The second-order valence-corrected chi connectivity index (χ2v) is 4.63. The fourth-order valence-corrected chi connectivity index (χ4v) is 2.53. The Kier molecular flexibility index (Phi) is 2.11. The third-order valence-corrected chi connectivity index (χ3v) is 3.52. The summed E-state index contributed by atoms with van der Waals surface area (Å²) in [5, 5.41) is 14.1. The maximum atomic E-state index is 9.97. The Labute approximate surface area is 101 Å². The van der Waals surface area contributed by atoms with Crippen LogP contribution in [0.25, 0.3) is 21.5 Å². The molecule has 0 aliphatic rings. The van der Waals surface area contributed by atoms with Crippen LogP contribution in [0.15, 0.2) is 53.0 Å². The lowest BCUT2D eigenvalue weighted by atomic mass is 10.0. The van der Waals surface area contributed by atoms with E-state index in [1.807, 2.05) is 30.3 Å². The number of hydrogen-bond acceptors (Lipinski definition) is 1. The minimum Gasteiger partial charge on any atom is -0.507 e. The predicted octanol–water partition coefficient (Wildman–Crippen LogP) is 4.46. The number of phenolic OH excluding ortho intramolecular Hbond substituents is 1. The zero-order valence-electron chi connectivity index (χ0n) is 8.44. The van der Waals surface area contributed by atoms with Crippen molar-refractivity contribution in [1.29, 1.82) is 0 Å². The van der Waals surface area contributed by atoms with Gasteiger partial charge in [0.25, 0.3) is 0 Å². The molecule has 0 atom stereocenters. The molecule has 78 valence electrons. The fourth-order valence-electron chi connectivity index (χ4n) is 2.07. The van der Waals surface area contributed by atoms with Crippen molar-refractivity contribution in [3.63, 3.8) is 0 Å². The number of fused-ring (bicyclic) bond motifs is 3. The Balaban J connectivity index is 2.64. The molecule has 3 aromatic rings. The number of rotatable bonds is 0. The Morgan fingerprint density at radius 3 is 2.50 bits per heavy atom. The third kappa shape index (κ3) is 1.30. The van der Waals surface area contributed by atoms with Crippen LogP contribution in [0, 0.1) is 0 Å². The van der Waals surface area contributed by atoms with Gasteiger partial charge in [0.2, 0.25) is 0 Å². The average Bonchev–Trinajstić information content (AvgIpc) is 2.33. The zero-order chi connectivity index (χ0) is 11.1. The molecule has 0 saturated heterocycles. The first-order chi connectivity index (χ1) is 7.77. The maximum absolute atomic E-state index is 9.97. The lowest BCUT2D eigenvalue weighted by molar-refractivity contribution is 0.482. The largest absolute Gasteiger partial charge is 0.507 e. The molecule has 0 fully saturated rings. The average molecular weight is 273 g/mol. The Hall–Kier alpha value is -1.54. The molecule has 1 N–H and O–H groups in total. The summed E-state index contributed by atoms with van der Waals surface area (Å²) in [5.41, 5.74) is 0. The van der Waals surface area contributed by atoms with Gasteiger partial charge in [-0.05, 0) is 22.9 Å². The SMILES string of the molecule is Oc1ccc(Br)c2ccc3ccccc3c12. The molecule has 0 aliphatic carbocycles. The Morgan fingerprint density at radius 2 is 1.62 bits per heavy atom. The molecule has 0 unspecified atom stereocenters. The van der Waals surface area contributed by atoms with E-state index < -0.39 is 0 Å². The molecule has 0 aromatic heterocycles. The number of phenols is 1. The van der Waals surface area contributed by atoms with Crippen LogP contribution in [0.2, 0.25) is 0 Å². The highest BCUT2D eigenvalue weighted by Crippen LogP contribution is 2.36. The van der Waals surface area contributed by atoms with Crippen LogP contribution in [0.1, 0.15) is 0 Å². The summed E-state index contributed by atoms with van der Waals surface area (Å²) >= 11 is 3.51. The highest BCUT2D eigenvalue weighted by molar-refractivity contribution is 9.10. The van der Waals surface area contributed by atoms with Crippen LogP contribution >= 0.6 is 15.9 Å². The van der Waals surface area contributed by atoms with Crippen LogP contribution in [-0.2, 0) is 0 Å². The molecule has 3 rings (SSSR count). The molecule has 3 aromatic carbocycles. The monoisotopic (exact) mass is 272 g/mol. The molecular weight excluding hydrogens is 264 g/mol. The molecule has 1 nitrogen and oxygen atoms in total. The minimum atomic E-state index is 0.329. The number of halogens is 1. The van der Waals surface area contributed by atoms with Crippen LogP contribution in [-0.4, -0.2) is 5.11 Å². The molecule has 0 spiro atoms.